The van der Waals surface area contributed by atoms with Gasteiger partial charge in [0.05, 0.1) is 32.0 Å². The van der Waals surface area contributed by atoms with E-state index >= 15 is 0 Å². The van der Waals surface area contributed by atoms with Crippen LogP contribution in [0.15, 0.2) is 6.20 Å². The van der Waals surface area contributed by atoms with Gasteiger partial charge >= 0.3 is 6.01 Å². The van der Waals surface area contributed by atoms with E-state index in [-0.39, 0.29) is 10.8 Å². The Bertz CT molecular complexity index is 1200. The van der Waals surface area contributed by atoms with Crippen LogP contribution in [0.4, 0.5) is 16.5 Å². The average Bonchev–Trinajstić information content (AvgIpc) is 3.38. The highest BCUT2D eigenvalue weighted by Crippen LogP contribution is 2.53. The van der Waals surface area contributed by atoms with Gasteiger partial charge in [0, 0.05) is 54.6 Å². The van der Waals surface area contributed by atoms with Gasteiger partial charge in [-0.15, -0.1) is 11.3 Å². The Morgan fingerprint density at radius 3 is 2.79 bits per heavy atom. The molecule has 2 aliphatic heterocycles. The number of nitrogens with two attached hydrogens (primary N) is 1. The molecule has 0 radical (unpaired) electrons. The van der Waals surface area contributed by atoms with Crippen LogP contribution in [0.25, 0.3) is 4.85 Å². The van der Waals surface area contributed by atoms with Crippen LogP contribution < -0.4 is 15.4 Å². The lowest BCUT2D eigenvalue weighted by Crippen LogP contribution is -2.59. The molecule has 4 aliphatic rings. The summed E-state index contributed by atoms with van der Waals surface area (Å²) in [5.41, 5.74) is 8.40. The Balaban J connectivity index is 1.15. The van der Waals surface area contributed by atoms with E-state index in [4.69, 9.17) is 21.8 Å². The molecule has 3 fully saturated rings. The van der Waals surface area contributed by atoms with Crippen LogP contribution in [-0.4, -0.2) is 67.4 Å². The first-order valence-electron chi connectivity index (χ1n) is 11.8. The fourth-order valence-electron chi connectivity index (χ4n) is 5.68. The molecule has 0 bridgehead atoms. The molecule has 2 aromatic heterocycles. The van der Waals surface area contributed by atoms with Crippen molar-refractivity contribution in [3.8, 4) is 12.1 Å². The maximum Gasteiger partial charge on any atom is 0.315 e. The number of morpholine rings is 1. The van der Waals surface area contributed by atoms with Crippen LogP contribution in [0.3, 0.4) is 0 Å². The van der Waals surface area contributed by atoms with Crippen LogP contribution in [0, 0.1) is 23.3 Å². The van der Waals surface area contributed by atoms with Crippen LogP contribution in [0.2, 0.25) is 0 Å². The average molecular weight is 478 g/mol. The Labute approximate surface area is 202 Å². The molecule has 2 aromatic rings. The van der Waals surface area contributed by atoms with Crippen molar-refractivity contribution in [1.82, 2.24) is 14.9 Å². The Morgan fingerprint density at radius 2 is 2.09 bits per heavy atom. The van der Waals surface area contributed by atoms with Crippen LogP contribution in [0.5, 0.6) is 6.01 Å². The molecule has 2 saturated heterocycles. The zero-order valence-corrected chi connectivity index (χ0v) is 19.9. The maximum atomic E-state index is 9.64. The molecule has 34 heavy (non-hydrogen) atoms. The number of nitrogen functional groups attached to an aromatic ring is 1. The van der Waals surface area contributed by atoms with E-state index in [1.807, 2.05) is 0 Å². The standard InChI is InChI=1S/C24H27N7O2S/c1-27-17-11-28-22(33-15-23(4-5-23)12-30-6-8-32-9-7-30)29-21(17)31-13-24(14-31)3-2-18-19(24)16(10-25)20(26)34-18/h11H,2-9,12-15,26H2. The zero-order valence-electron chi connectivity index (χ0n) is 19.0. The number of nitriles is 1. The van der Waals surface area contributed by atoms with Crippen molar-refractivity contribution in [1.29, 1.82) is 5.26 Å². The molecule has 4 heterocycles. The normalized spacial score (nSPS) is 22.0. The van der Waals surface area contributed by atoms with Crippen LogP contribution >= 0.6 is 11.3 Å². The van der Waals surface area contributed by atoms with Gasteiger partial charge in [0.15, 0.2) is 0 Å². The molecule has 9 nitrogen and oxygen atoms in total. The smallest absolute Gasteiger partial charge is 0.315 e. The number of fused-ring (bicyclic) bond motifs is 2. The van der Waals surface area contributed by atoms with Crippen molar-refractivity contribution in [2.24, 2.45) is 5.41 Å². The quantitative estimate of drug-likeness (QED) is 0.634. The molecule has 6 rings (SSSR count). The second-order valence-electron chi connectivity index (χ2n) is 10.0. The summed E-state index contributed by atoms with van der Waals surface area (Å²) in [7, 11) is 0. The van der Waals surface area contributed by atoms with E-state index in [1.54, 1.807) is 17.5 Å². The van der Waals surface area contributed by atoms with Crippen molar-refractivity contribution in [3.05, 3.63) is 33.6 Å². The van der Waals surface area contributed by atoms with Gasteiger partial charge in [0.25, 0.3) is 0 Å². The summed E-state index contributed by atoms with van der Waals surface area (Å²) < 4.78 is 11.5. The third kappa shape index (κ3) is 3.58. The molecule has 2 N–H and O–H groups in total. The van der Waals surface area contributed by atoms with Gasteiger partial charge in [-0.05, 0) is 31.2 Å². The van der Waals surface area contributed by atoms with Crippen molar-refractivity contribution in [3.63, 3.8) is 0 Å². The van der Waals surface area contributed by atoms with Gasteiger partial charge in [-0.25, -0.2) is 9.83 Å². The molecule has 0 atom stereocenters. The fourth-order valence-corrected chi connectivity index (χ4v) is 6.82. The monoisotopic (exact) mass is 477 g/mol. The number of aromatic nitrogens is 2. The summed E-state index contributed by atoms with van der Waals surface area (Å²) in [6.07, 6.45) is 5.84. The molecule has 1 saturated carbocycles. The third-order valence-electron chi connectivity index (χ3n) is 7.74. The molecule has 0 amide bonds. The van der Waals surface area contributed by atoms with Crippen LogP contribution in [0.1, 0.15) is 35.3 Å². The lowest BCUT2D eigenvalue weighted by molar-refractivity contribution is 0.0231. The zero-order chi connectivity index (χ0) is 23.3. The van der Waals surface area contributed by atoms with Crippen LogP contribution in [-0.2, 0) is 16.6 Å². The number of ether oxygens (including phenoxy) is 2. The Morgan fingerprint density at radius 1 is 1.29 bits per heavy atom. The lowest BCUT2D eigenvalue weighted by Gasteiger charge is -2.49. The number of nitrogens with zero attached hydrogens (tertiary/aromatic N) is 6. The van der Waals surface area contributed by atoms with Crippen molar-refractivity contribution in [2.45, 2.75) is 31.1 Å². The van der Waals surface area contributed by atoms with E-state index in [2.05, 4.69) is 30.7 Å². The first-order valence-corrected chi connectivity index (χ1v) is 12.6. The molecule has 10 heteroatoms. The van der Waals surface area contributed by atoms with Crippen molar-refractivity contribution in [2.75, 3.05) is 63.2 Å². The first-order chi connectivity index (χ1) is 16.5. The Hall–Kier alpha value is -2.92. The minimum absolute atomic E-state index is 0.0734. The SMILES string of the molecule is [C-]#[N+]c1cnc(OCC2(CN3CCOCC3)CC2)nc1N1CC2(CCc3sc(N)c(C#N)c32)C1. The predicted molar refractivity (Wildman–Crippen MR) is 128 cm³/mol. The second-order valence-corrected chi connectivity index (χ2v) is 11.2. The Kier molecular flexibility index (Phi) is 5.14. The second kappa shape index (κ2) is 8.09. The predicted octanol–water partition coefficient (Wildman–Crippen LogP) is 2.74. The summed E-state index contributed by atoms with van der Waals surface area (Å²) in [4.78, 5) is 18.4. The molecule has 0 unspecified atom stereocenters. The summed E-state index contributed by atoms with van der Waals surface area (Å²) in [6.45, 7) is 14.2. The number of aryl methyl sites for hydroxylation is 1. The first kappa shape index (κ1) is 21.6. The topological polar surface area (TPSA) is 105 Å². The van der Waals surface area contributed by atoms with Crippen molar-refractivity contribution >= 4 is 27.8 Å². The molecule has 0 aromatic carbocycles. The highest BCUT2D eigenvalue weighted by molar-refractivity contribution is 7.16. The largest absolute Gasteiger partial charge is 0.463 e. The lowest BCUT2D eigenvalue weighted by atomic mass is 9.74. The van der Waals surface area contributed by atoms with Crippen molar-refractivity contribution < 1.29 is 9.47 Å². The summed E-state index contributed by atoms with van der Waals surface area (Å²) in [5, 5.41) is 10.3. The van der Waals surface area contributed by atoms with E-state index in [9.17, 15) is 5.26 Å². The summed E-state index contributed by atoms with van der Waals surface area (Å²) in [6, 6.07) is 2.65. The van der Waals surface area contributed by atoms with Gasteiger partial charge in [-0.3, -0.25) is 4.90 Å². The summed E-state index contributed by atoms with van der Waals surface area (Å²) in [5.74, 6) is 0.624. The van der Waals surface area contributed by atoms with E-state index in [0.717, 1.165) is 77.2 Å². The molecular formula is C24H27N7O2S. The summed E-state index contributed by atoms with van der Waals surface area (Å²) >= 11 is 1.55. The van der Waals surface area contributed by atoms with Gasteiger partial charge in [-0.2, -0.15) is 10.2 Å². The van der Waals surface area contributed by atoms with Gasteiger partial charge in [0.1, 0.15) is 16.9 Å². The maximum absolute atomic E-state index is 9.64. The van der Waals surface area contributed by atoms with E-state index in [1.165, 1.54) is 4.88 Å². The van der Waals surface area contributed by atoms with E-state index in [0.29, 0.717) is 34.7 Å². The molecule has 1 spiro atoms. The number of hydrogen-bond donors (Lipinski definition) is 1. The minimum atomic E-state index is -0.0734. The fraction of sp³-hybridized carbons (Fsp3) is 0.583. The number of rotatable bonds is 6. The number of anilines is 2. The van der Waals surface area contributed by atoms with Gasteiger partial charge < -0.3 is 20.1 Å². The van der Waals surface area contributed by atoms with E-state index < -0.39 is 0 Å². The highest BCUT2D eigenvalue weighted by Gasteiger charge is 2.52. The van der Waals surface area contributed by atoms with Gasteiger partial charge in [0.2, 0.25) is 5.69 Å². The minimum Gasteiger partial charge on any atom is -0.463 e. The highest BCUT2D eigenvalue weighted by atomic mass is 32.1. The molecular weight excluding hydrogens is 450 g/mol. The third-order valence-corrected chi connectivity index (χ3v) is 8.82. The van der Waals surface area contributed by atoms with Gasteiger partial charge in [-0.1, -0.05) is 0 Å². The molecule has 176 valence electrons. The molecule has 2 aliphatic carbocycles. The number of hydrogen-bond acceptors (Lipinski definition) is 9. The number of thiophene rings is 1.